The Morgan fingerprint density at radius 1 is 1.16 bits per heavy atom. The molecule has 0 aromatic heterocycles. The Morgan fingerprint density at radius 3 is 2.03 bits per heavy atom. The molecule has 0 heterocycles. The molecule has 0 radical (unpaired) electrons. The molecular formula is C28H46F5NO3. The van der Waals surface area contributed by atoms with Crippen LogP contribution in [0.4, 0.5) is 27.6 Å². The third kappa shape index (κ3) is 15.7. The van der Waals surface area contributed by atoms with Gasteiger partial charge in [-0.05, 0) is 57.1 Å². The van der Waals surface area contributed by atoms with Crippen LogP contribution < -0.4 is 4.74 Å². The van der Waals surface area contributed by atoms with Crippen molar-refractivity contribution in [3.63, 3.8) is 0 Å². The molecule has 0 bridgehead atoms. The summed E-state index contributed by atoms with van der Waals surface area (Å²) >= 11 is 0. The third-order valence-electron chi connectivity index (χ3n) is 5.62. The molecule has 1 N–H and O–H groups in total. The van der Waals surface area contributed by atoms with E-state index in [2.05, 4.69) is 23.6 Å². The van der Waals surface area contributed by atoms with Crippen LogP contribution in [0.2, 0.25) is 0 Å². The number of hydrogen-bond donors (Lipinski definition) is 1. The number of Topliss-reactive ketones (excluding diaryl/α,β-unsaturated/α-hetero) is 1. The van der Waals surface area contributed by atoms with Crippen molar-refractivity contribution in [3.05, 3.63) is 23.5 Å². The van der Waals surface area contributed by atoms with E-state index in [-0.39, 0.29) is 17.8 Å². The van der Waals surface area contributed by atoms with E-state index < -0.39 is 43.5 Å². The zero-order valence-corrected chi connectivity index (χ0v) is 23.7. The number of halogens is 5. The van der Waals surface area contributed by atoms with E-state index >= 15 is 0 Å². The lowest BCUT2D eigenvalue weighted by Crippen LogP contribution is -2.36. The molecule has 1 aliphatic carbocycles. The number of ether oxygens (including phenoxy) is 1. The minimum absolute atomic E-state index is 0.205. The topological polar surface area (TPSA) is 58.9 Å². The molecule has 0 amide bonds. The first-order chi connectivity index (χ1) is 17.2. The summed E-state index contributed by atoms with van der Waals surface area (Å²) in [7, 11) is 0. The fourth-order valence-electron chi connectivity index (χ4n) is 2.99. The van der Waals surface area contributed by atoms with Gasteiger partial charge >= 0.3 is 6.61 Å². The van der Waals surface area contributed by atoms with E-state index in [1.807, 2.05) is 27.7 Å². The van der Waals surface area contributed by atoms with Gasteiger partial charge < -0.3 is 9.84 Å². The van der Waals surface area contributed by atoms with Crippen molar-refractivity contribution >= 4 is 17.2 Å². The molecule has 1 saturated carbocycles. The van der Waals surface area contributed by atoms with E-state index in [4.69, 9.17) is 5.11 Å². The Labute approximate surface area is 219 Å². The first-order valence-corrected chi connectivity index (χ1v) is 12.9. The summed E-state index contributed by atoms with van der Waals surface area (Å²) in [5, 5.41) is 9.05. The minimum Gasteiger partial charge on any atom is -0.432 e. The number of ketones is 1. The molecular weight excluding hydrogens is 493 g/mol. The number of aliphatic hydroxyl groups is 1. The van der Waals surface area contributed by atoms with Gasteiger partial charge in [0.2, 0.25) is 0 Å². The van der Waals surface area contributed by atoms with E-state index in [1.54, 1.807) is 6.92 Å². The van der Waals surface area contributed by atoms with Gasteiger partial charge in [0.25, 0.3) is 0 Å². The van der Waals surface area contributed by atoms with Crippen LogP contribution in [0.1, 0.15) is 99.0 Å². The number of carbonyl (C=O) groups is 1. The predicted molar refractivity (Wildman–Crippen MR) is 141 cm³/mol. The lowest BCUT2D eigenvalue weighted by molar-refractivity contribution is -0.125. The highest BCUT2D eigenvalue weighted by Crippen LogP contribution is 2.39. The van der Waals surface area contributed by atoms with Gasteiger partial charge in [0.15, 0.2) is 11.6 Å². The number of aliphatic imine (C=N–C) groups is 1. The van der Waals surface area contributed by atoms with E-state index in [9.17, 15) is 26.7 Å². The fourth-order valence-corrected chi connectivity index (χ4v) is 2.99. The molecule has 1 aliphatic rings. The van der Waals surface area contributed by atoms with E-state index in [1.165, 1.54) is 32.3 Å². The number of hydrogen-bond acceptors (Lipinski definition) is 4. The molecule has 1 aromatic carbocycles. The normalized spacial score (nSPS) is 14.2. The molecule has 0 spiro atoms. The van der Waals surface area contributed by atoms with Crippen molar-refractivity contribution in [2.24, 2.45) is 10.4 Å². The van der Waals surface area contributed by atoms with Gasteiger partial charge in [0.05, 0.1) is 5.69 Å². The summed E-state index contributed by atoms with van der Waals surface area (Å²) in [6.45, 7) is 10.2. The maximum Gasteiger partial charge on any atom is 0.387 e. The molecule has 0 saturated heterocycles. The summed E-state index contributed by atoms with van der Waals surface area (Å²) < 4.78 is 65.7. The summed E-state index contributed by atoms with van der Waals surface area (Å²) in [5.41, 5.74) is 0.126. The number of alkyl halides is 4. The van der Waals surface area contributed by atoms with Crippen LogP contribution in [0, 0.1) is 18.2 Å². The molecule has 1 aromatic rings. The Balaban J connectivity index is 0. The quantitative estimate of drug-likeness (QED) is 0.239. The van der Waals surface area contributed by atoms with Crippen molar-refractivity contribution in [3.8, 4) is 5.75 Å². The van der Waals surface area contributed by atoms with Crippen molar-refractivity contribution in [1.82, 2.24) is 0 Å². The zero-order valence-electron chi connectivity index (χ0n) is 23.7. The summed E-state index contributed by atoms with van der Waals surface area (Å²) in [4.78, 5) is 15.1. The van der Waals surface area contributed by atoms with Crippen LogP contribution in [0.25, 0.3) is 0 Å². The largest absolute Gasteiger partial charge is 0.432 e. The van der Waals surface area contributed by atoms with Crippen LogP contribution in [0.5, 0.6) is 5.75 Å². The summed E-state index contributed by atoms with van der Waals surface area (Å²) in [5.74, 6) is -1.55. The van der Waals surface area contributed by atoms with Gasteiger partial charge in [0, 0.05) is 24.1 Å². The van der Waals surface area contributed by atoms with Crippen molar-refractivity contribution in [2.75, 3.05) is 13.3 Å². The number of benzene rings is 1. The third-order valence-corrected chi connectivity index (χ3v) is 5.62. The standard InChI is InChI=1S/C12H14F3NO.C8H14F2O2.C6H12.C2H6/c1-4-7(2)16-9-5-6-10(17-12(14)15)11(13)8(9)3;1-2-3-7(11)4-8(12,5-9)6-10;1-6(2)4-3-5-6;1-2/h5-6,12H,4H2,1-3H3;12H,2-6H2,1H3;3-5H2,1-2H3;1-2H3. The Kier molecular flexibility index (Phi) is 19.2. The first kappa shape index (κ1) is 37.1. The molecule has 2 rings (SSSR count). The Hall–Kier alpha value is -2.03. The highest BCUT2D eigenvalue weighted by molar-refractivity contribution is 5.84. The lowest BCUT2D eigenvalue weighted by Gasteiger charge is -2.33. The maximum absolute atomic E-state index is 13.6. The zero-order chi connectivity index (χ0) is 29.2. The highest BCUT2D eigenvalue weighted by Gasteiger charge is 2.29. The number of rotatable bonds is 10. The SMILES string of the molecule is CC.CC1(C)CCC1.CCC(C)=Nc1ccc(OC(F)F)c(F)c1C.CCCC(=O)CC(O)(CF)CF. The molecule has 1 fully saturated rings. The Bertz CT molecular complexity index is 803. The number of carbonyl (C=O) groups excluding carboxylic acids is 1. The second-order valence-electron chi connectivity index (χ2n) is 9.58. The molecule has 0 unspecified atom stereocenters. The monoisotopic (exact) mass is 539 g/mol. The summed E-state index contributed by atoms with van der Waals surface area (Å²) in [6, 6.07) is 2.63. The van der Waals surface area contributed by atoms with Gasteiger partial charge in [-0.3, -0.25) is 9.79 Å². The smallest absolute Gasteiger partial charge is 0.387 e. The lowest BCUT2D eigenvalue weighted by atomic mass is 9.72. The number of nitrogens with zero attached hydrogens (tertiary/aromatic N) is 1. The Morgan fingerprint density at radius 2 is 1.68 bits per heavy atom. The van der Waals surface area contributed by atoms with Crippen LogP contribution in [0.15, 0.2) is 17.1 Å². The van der Waals surface area contributed by atoms with E-state index in [0.717, 1.165) is 23.6 Å². The van der Waals surface area contributed by atoms with Gasteiger partial charge in [-0.1, -0.05) is 48.0 Å². The highest BCUT2D eigenvalue weighted by atomic mass is 19.3. The van der Waals surface area contributed by atoms with Gasteiger partial charge in [0.1, 0.15) is 24.7 Å². The minimum atomic E-state index is -3.03. The van der Waals surface area contributed by atoms with Crippen LogP contribution >= 0.6 is 0 Å². The average molecular weight is 540 g/mol. The van der Waals surface area contributed by atoms with Crippen LogP contribution in [-0.4, -0.2) is 42.2 Å². The van der Waals surface area contributed by atoms with E-state index in [0.29, 0.717) is 12.1 Å². The second-order valence-corrected chi connectivity index (χ2v) is 9.58. The predicted octanol–water partition coefficient (Wildman–Crippen LogP) is 8.88. The van der Waals surface area contributed by atoms with Crippen molar-refractivity contribution in [2.45, 2.75) is 113 Å². The van der Waals surface area contributed by atoms with Crippen LogP contribution in [-0.2, 0) is 4.79 Å². The molecule has 0 atom stereocenters. The van der Waals surface area contributed by atoms with Crippen LogP contribution in [0.3, 0.4) is 0 Å². The molecule has 37 heavy (non-hydrogen) atoms. The molecule has 9 heteroatoms. The van der Waals surface area contributed by atoms with Gasteiger partial charge in [-0.15, -0.1) is 0 Å². The van der Waals surface area contributed by atoms with Crippen molar-refractivity contribution in [1.29, 1.82) is 0 Å². The maximum atomic E-state index is 13.6. The van der Waals surface area contributed by atoms with Gasteiger partial charge in [-0.2, -0.15) is 8.78 Å². The fraction of sp³-hybridized carbons (Fsp3) is 0.714. The van der Waals surface area contributed by atoms with Crippen molar-refractivity contribution < 1.29 is 36.6 Å². The van der Waals surface area contributed by atoms with Gasteiger partial charge in [-0.25, -0.2) is 13.2 Å². The summed E-state index contributed by atoms with van der Waals surface area (Å²) in [6.07, 6.45) is 5.59. The molecule has 216 valence electrons. The first-order valence-electron chi connectivity index (χ1n) is 12.9. The average Bonchev–Trinajstić information content (AvgIpc) is 2.84. The molecule has 0 aliphatic heterocycles. The molecule has 4 nitrogen and oxygen atoms in total. The second kappa shape index (κ2) is 19.1.